The van der Waals surface area contributed by atoms with Crippen molar-refractivity contribution in [3.63, 3.8) is 0 Å². The topological polar surface area (TPSA) is 29.9 Å². The molecule has 3 nitrogen and oxygen atoms in total. The second-order valence-corrected chi connectivity index (χ2v) is 6.28. The van der Waals surface area contributed by atoms with Crippen LogP contribution in [-0.4, -0.2) is 16.3 Å². The van der Waals surface area contributed by atoms with Crippen molar-refractivity contribution in [1.29, 1.82) is 0 Å². The van der Waals surface area contributed by atoms with Crippen LogP contribution in [0, 0.1) is 11.6 Å². The average Bonchev–Trinajstić information content (AvgIpc) is 3.10. The molecule has 4 rings (SSSR count). The third kappa shape index (κ3) is 2.43. The first-order valence-corrected chi connectivity index (χ1v) is 8.00. The Morgan fingerprint density at radius 1 is 1.13 bits per heavy atom. The minimum absolute atomic E-state index is 0.320. The summed E-state index contributed by atoms with van der Waals surface area (Å²) in [6.07, 6.45) is 0.759. The van der Waals surface area contributed by atoms with Gasteiger partial charge in [0.15, 0.2) is 0 Å². The van der Waals surface area contributed by atoms with Gasteiger partial charge in [0.2, 0.25) is 0 Å². The van der Waals surface area contributed by atoms with Gasteiger partial charge in [-0.15, -0.1) is 0 Å². The maximum Gasteiger partial charge on any atom is 0.135 e. The molecule has 0 aliphatic carbocycles. The molecular weight excluding hydrogens is 364 g/mol. The lowest BCUT2D eigenvalue weighted by Gasteiger charge is -2.06. The molecule has 116 valence electrons. The van der Waals surface area contributed by atoms with Gasteiger partial charge in [0.25, 0.3) is 0 Å². The Morgan fingerprint density at radius 2 is 2.00 bits per heavy atom. The van der Waals surface area contributed by atoms with E-state index in [9.17, 15) is 8.78 Å². The summed E-state index contributed by atoms with van der Waals surface area (Å²) in [6, 6.07) is 11.3. The number of aromatic nitrogens is 2. The summed E-state index contributed by atoms with van der Waals surface area (Å²) in [5.74, 6) is -0.326. The standard InChI is InChI=1S/C17H12BrF2N3/c18-10-2-1-3-12(8-10)23-17-14(6-7-21-17)16(22-23)13-5-4-11(19)9-15(13)20/h1-5,8-9,21H,6-7H2. The summed E-state index contributed by atoms with van der Waals surface area (Å²) in [4.78, 5) is 0. The Kier molecular flexibility index (Phi) is 3.41. The van der Waals surface area contributed by atoms with Gasteiger partial charge in [-0.25, -0.2) is 13.5 Å². The van der Waals surface area contributed by atoms with Crippen molar-refractivity contribution in [1.82, 2.24) is 9.78 Å². The van der Waals surface area contributed by atoms with E-state index in [1.165, 1.54) is 12.1 Å². The zero-order chi connectivity index (χ0) is 16.0. The van der Waals surface area contributed by atoms with Crippen molar-refractivity contribution in [2.45, 2.75) is 6.42 Å². The normalized spacial score (nSPS) is 13.0. The number of nitrogens with one attached hydrogen (secondary N) is 1. The van der Waals surface area contributed by atoms with Crippen molar-refractivity contribution in [3.05, 3.63) is 64.1 Å². The first kappa shape index (κ1) is 14.4. The van der Waals surface area contributed by atoms with E-state index in [4.69, 9.17) is 0 Å². The lowest BCUT2D eigenvalue weighted by atomic mass is 10.1. The summed E-state index contributed by atoms with van der Waals surface area (Å²) < 4.78 is 30.0. The van der Waals surface area contributed by atoms with Crippen molar-refractivity contribution < 1.29 is 8.78 Å². The summed E-state index contributed by atoms with van der Waals surface area (Å²) in [5.41, 5.74) is 2.71. The third-order valence-corrected chi connectivity index (χ3v) is 4.38. The summed E-state index contributed by atoms with van der Waals surface area (Å²) in [5, 5.41) is 7.87. The van der Waals surface area contributed by atoms with E-state index >= 15 is 0 Å². The lowest BCUT2D eigenvalue weighted by molar-refractivity contribution is 0.585. The average molecular weight is 376 g/mol. The fourth-order valence-corrected chi connectivity index (χ4v) is 3.25. The Morgan fingerprint density at radius 3 is 2.78 bits per heavy atom. The number of hydrogen-bond donors (Lipinski definition) is 1. The number of rotatable bonds is 2. The highest BCUT2D eigenvalue weighted by Gasteiger charge is 2.25. The molecule has 1 N–H and O–H groups in total. The van der Waals surface area contributed by atoms with Crippen LogP contribution in [0.25, 0.3) is 16.9 Å². The molecule has 3 aromatic rings. The molecule has 0 saturated heterocycles. The maximum atomic E-state index is 14.2. The minimum Gasteiger partial charge on any atom is -0.369 e. The fourth-order valence-electron chi connectivity index (χ4n) is 2.87. The van der Waals surface area contributed by atoms with Gasteiger partial charge in [0.1, 0.15) is 23.1 Å². The van der Waals surface area contributed by atoms with Crippen molar-refractivity contribution in [2.24, 2.45) is 0 Å². The van der Waals surface area contributed by atoms with Crippen LogP contribution in [0.5, 0.6) is 0 Å². The van der Waals surface area contributed by atoms with Crippen molar-refractivity contribution >= 4 is 21.7 Å². The van der Waals surface area contributed by atoms with Gasteiger partial charge in [0.05, 0.1) is 5.69 Å². The second kappa shape index (κ2) is 5.45. The van der Waals surface area contributed by atoms with Crippen LogP contribution in [0.3, 0.4) is 0 Å². The molecule has 0 saturated carbocycles. The van der Waals surface area contributed by atoms with Crippen LogP contribution >= 0.6 is 15.9 Å². The van der Waals surface area contributed by atoms with Gasteiger partial charge >= 0.3 is 0 Å². The molecule has 0 atom stereocenters. The fraction of sp³-hybridized carbons (Fsp3) is 0.118. The molecule has 1 aliphatic rings. The van der Waals surface area contributed by atoms with Crippen LogP contribution in [0.1, 0.15) is 5.56 Å². The second-order valence-electron chi connectivity index (χ2n) is 5.37. The monoisotopic (exact) mass is 375 g/mol. The summed E-state index contributed by atoms with van der Waals surface area (Å²) in [7, 11) is 0. The molecule has 0 unspecified atom stereocenters. The maximum absolute atomic E-state index is 14.2. The Bertz CT molecular complexity index is 905. The molecule has 0 radical (unpaired) electrons. The number of anilines is 1. The highest BCUT2D eigenvalue weighted by atomic mass is 79.9. The van der Waals surface area contributed by atoms with Crippen molar-refractivity contribution in [3.8, 4) is 16.9 Å². The van der Waals surface area contributed by atoms with Crippen LogP contribution in [-0.2, 0) is 6.42 Å². The van der Waals surface area contributed by atoms with E-state index < -0.39 is 11.6 Å². The zero-order valence-electron chi connectivity index (χ0n) is 12.0. The summed E-state index contributed by atoms with van der Waals surface area (Å²) >= 11 is 3.45. The first-order valence-electron chi connectivity index (χ1n) is 7.20. The highest BCUT2D eigenvalue weighted by molar-refractivity contribution is 9.10. The van der Waals surface area contributed by atoms with Gasteiger partial charge in [-0.2, -0.15) is 5.10 Å². The molecule has 0 amide bonds. The molecule has 0 spiro atoms. The van der Waals surface area contributed by atoms with Crippen LogP contribution in [0.2, 0.25) is 0 Å². The number of hydrogen-bond acceptors (Lipinski definition) is 2. The molecule has 6 heteroatoms. The van der Waals surface area contributed by atoms with Crippen LogP contribution < -0.4 is 5.32 Å². The zero-order valence-corrected chi connectivity index (χ0v) is 13.6. The highest BCUT2D eigenvalue weighted by Crippen LogP contribution is 2.36. The number of halogens is 3. The molecule has 1 aromatic heterocycles. The molecule has 0 bridgehead atoms. The molecule has 2 aromatic carbocycles. The molecule has 1 aliphatic heterocycles. The quantitative estimate of drug-likeness (QED) is 0.711. The number of fused-ring (bicyclic) bond motifs is 1. The molecule has 23 heavy (non-hydrogen) atoms. The summed E-state index contributed by atoms with van der Waals surface area (Å²) in [6.45, 7) is 0.775. The first-order chi connectivity index (χ1) is 11.1. The van der Waals surface area contributed by atoms with Gasteiger partial charge in [0, 0.05) is 28.2 Å². The van der Waals surface area contributed by atoms with Crippen molar-refractivity contribution in [2.75, 3.05) is 11.9 Å². The van der Waals surface area contributed by atoms with Gasteiger partial charge < -0.3 is 5.32 Å². The van der Waals surface area contributed by atoms with E-state index in [0.29, 0.717) is 11.3 Å². The number of nitrogens with zero attached hydrogens (tertiary/aromatic N) is 2. The number of benzene rings is 2. The largest absolute Gasteiger partial charge is 0.369 e. The smallest absolute Gasteiger partial charge is 0.135 e. The molecular formula is C17H12BrF2N3. The van der Waals surface area contributed by atoms with Gasteiger partial charge in [-0.05, 0) is 36.8 Å². The molecule has 2 heterocycles. The minimum atomic E-state index is -0.599. The van der Waals surface area contributed by atoms with Gasteiger partial charge in [-0.3, -0.25) is 0 Å². The van der Waals surface area contributed by atoms with E-state index in [1.54, 1.807) is 4.68 Å². The van der Waals surface area contributed by atoms with Crippen LogP contribution in [0.15, 0.2) is 46.9 Å². The third-order valence-electron chi connectivity index (χ3n) is 3.89. The van der Waals surface area contributed by atoms with Gasteiger partial charge in [-0.1, -0.05) is 22.0 Å². The van der Waals surface area contributed by atoms with E-state index in [1.807, 2.05) is 24.3 Å². The predicted octanol–water partition coefficient (Wildman–Crippen LogP) is 4.55. The lowest BCUT2D eigenvalue weighted by Crippen LogP contribution is -2.04. The van der Waals surface area contributed by atoms with E-state index in [-0.39, 0.29) is 0 Å². The van der Waals surface area contributed by atoms with E-state index in [0.717, 1.165) is 40.6 Å². The van der Waals surface area contributed by atoms with Crippen LogP contribution in [0.4, 0.5) is 14.6 Å². The SMILES string of the molecule is Fc1ccc(-c2nn(-c3cccc(Br)c3)c3c2CCN3)c(F)c1. The van der Waals surface area contributed by atoms with E-state index in [2.05, 4.69) is 26.3 Å². The Balaban J connectivity index is 1.91. The Labute approximate surface area is 140 Å². The molecule has 0 fully saturated rings. The predicted molar refractivity (Wildman–Crippen MR) is 88.8 cm³/mol. The Hall–Kier alpha value is -2.21.